The van der Waals surface area contributed by atoms with Crippen LogP contribution in [0, 0.1) is 5.92 Å². The number of methoxy groups -OCH3 is 1. The number of carbonyl (C=O) groups excluding carboxylic acids is 1. The molecule has 0 unspecified atom stereocenters. The molecule has 2 aliphatic rings. The summed E-state index contributed by atoms with van der Waals surface area (Å²) in [6.07, 6.45) is 3.67. The molecule has 0 aromatic rings. The van der Waals surface area contributed by atoms with E-state index < -0.39 is 5.97 Å². The predicted molar refractivity (Wildman–Crippen MR) is 86.4 cm³/mol. The lowest BCUT2D eigenvalue weighted by Crippen LogP contribution is -2.57. The number of likely N-dealkylation sites (tertiary alicyclic amines) is 1. The van der Waals surface area contributed by atoms with Crippen LogP contribution in [0.5, 0.6) is 0 Å². The average Bonchev–Trinajstić information content (AvgIpc) is 2.49. The van der Waals surface area contributed by atoms with Crippen molar-refractivity contribution in [1.82, 2.24) is 15.1 Å². The number of amides is 2. The molecule has 2 N–H and O–H groups in total. The van der Waals surface area contributed by atoms with Crippen molar-refractivity contribution in [2.45, 2.75) is 44.7 Å². The van der Waals surface area contributed by atoms with Gasteiger partial charge in [0.15, 0.2) is 0 Å². The number of hydrogen-bond acceptors (Lipinski definition) is 4. The van der Waals surface area contributed by atoms with Crippen LogP contribution in [0.15, 0.2) is 0 Å². The molecule has 0 spiro atoms. The number of nitrogens with zero attached hydrogens (tertiary/aromatic N) is 2. The molecule has 2 fully saturated rings. The van der Waals surface area contributed by atoms with Gasteiger partial charge in [0.05, 0.1) is 6.54 Å². The first kappa shape index (κ1) is 18.0. The molecular weight excluding hydrogens is 298 g/mol. The van der Waals surface area contributed by atoms with Gasteiger partial charge in [-0.15, -0.1) is 0 Å². The number of rotatable bonds is 7. The molecule has 1 aliphatic heterocycles. The van der Waals surface area contributed by atoms with Crippen LogP contribution in [0.2, 0.25) is 0 Å². The molecule has 1 saturated heterocycles. The van der Waals surface area contributed by atoms with Gasteiger partial charge in [-0.3, -0.25) is 9.69 Å². The van der Waals surface area contributed by atoms with Crippen molar-refractivity contribution in [3.63, 3.8) is 0 Å². The molecule has 0 radical (unpaired) electrons. The van der Waals surface area contributed by atoms with E-state index in [0.29, 0.717) is 5.92 Å². The number of hydrogen-bond donors (Lipinski definition) is 2. The summed E-state index contributed by atoms with van der Waals surface area (Å²) >= 11 is 0. The SMILES string of the molecule is CCN(CC(=O)O)C1CC(NC(=O)N2CCC(COC)CC2)C1. The van der Waals surface area contributed by atoms with E-state index in [2.05, 4.69) is 5.32 Å². The third-order valence-electron chi connectivity index (χ3n) is 5.01. The Morgan fingerprint density at radius 3 is 2.48 bits per heavy atom. The zero-order chi connectivity index (χ0) is 16.8. The number of likely N-dealkylation sites (N-methyl/N-ethyl adjacent to an activating group) is 1. The van der Waals surface area contributed by atoms with E-state index in [1.54, 1.807) is 7.11 Å². The number of aliphatic carboxylic acids is 1. The highest BCUT2D eigenvalue weighted by Gasteiger charge is 2.35. The lowest BCUT2D eigenvalue weighted by atomic mass is 9.85. The van der Waals surface area contributed by atoms with Crippen molar-refractivity contribution >= 4 is 12.0 Å². The number of carboxylic acid groups (broad SMARTS) is 1. The number of ether oxygens (including phenoxy) is 1. The molecule has 7 heteroatoms. The molecule has 7 nitrogen and oxygen atoms in total. The maximum absolute atomic E-state index is 12.3. The Labute approximate surface area is 138 Å². The van der Waals surface area contributed by atoms with Gasteiger partial charge in [0, 0.05) is 38.9 Å². The van der Waals surface area contributed by atoms with E-state index in [1.807, 2.05) is 16.7 Å². The summed E-state index contributed by atoms with van der Waals surface area (Å²) in [5, 5.41) is 12.0. The summed E-state index contributed by atoms with van der Waals surface area (Å²) in [7, 11) is 1.72. The van der Waals surface area contributed by atoms with Gasteiger partial charge < -0.3 is 20.1 Å². The van der Waals surface area contributed by atoms with E-state index in [0.717, 1.165) is 51.9 Å². The Morgan fingerprint density at radius 2 is 1.96 bits per heavy atom. The Bertz CT molecular complexity index is 404. The molecule has 2 rings (SSSR count). The van der Waals surface area contributed by atoms with Crippen LogP contribution in [0.4, 0.5) is 4.79 Å². The zero-order valence-corrected chi connectivity index (χ0v) is 14.2. The number of carboxylic acids is 1. The summed E-state index contributed by atoms with van der Waals surface area (Å²) in [5.74, 6) is -0.232. The maximum atomic E-state index is 12.3. The van der Waals surface area contributed by atoms with Crippen LogP contribution in [0.3, 0.4) is 0 Å². The summed E-state index contributed by atoms with van der Waals surface area (Å²) < 4.78 is 5.17. The van der Waals surface area contributed by atoms with Gasteiger partial charge in [0.25, 0.3) is 0 Å². The predicted octanol–water partition coefficient (Wildman–Crippen LogP) is 0.992. The molecular formula is C16H29N3O4. The van der Waals surface area contributed by atoms with E-state index in [1.165, 1.54) is 0 Å². The van der Waals surface area contributed by atoms with Crippen molar-refractivity contribution in [2.24, 2.45) is 5.92 Å². The van der Waals surface area contributed by atoms with Crippen LogP contribution in [0.1, 0.15) is 32.6 Å². The zero-order valence-electron chi connectivity index (χ0n) is 14.2. The van der Waals surface area contributed by atoms with E-state index in [9.17, 15) is 9.59 Å². The summed E-state index contributed by atoms with van der Waals surface area (Å²) in [5.41, 5.74) is 0. The van der Waals surface area contributed by atoms with Crippen molar-refractivity contribution in [2.75, 3.05) is 39.9 Å². The van der Waals surface area contributed by atoms with Crippen molar-refractivity contribution in [3.05, 3.63) is 0 Å². The minimum atomic E-state index is -0.793. The third kappa shape index (κ3) is 5.07. The van der Waals surface area contributed by atoms with Gasteiger partial charge >= 0.3 is 12.0 Å². The van der Waals surface area contributed by atoms with Crippen LogP contribution >= 0.6 is 0 Å². The van der Waals surface area contributed by atoms with E-state index in [4.69, 9.17) is 9.84 Å². The smallest absolute Gasteiger partial charge is 0.317 e. The minimum Gasteiger partial charge on any atom is -0.480 e. The fourth-order valence-electron chi connectivity index (χ4n) is 3.48. The fourth-order valence-corrected chi connectivity index (χ4v) is 3.48. The quantitative estimate of drug-likeness (QED) is 0.729. The summed E-state index contributed by atoms with van der Waals surface area (Å²) in [6.45, 7) is 5.13. The minimum absolute atomic E-state index is 0.0191. The molecule has 0 bridgehead atoms. The second-order valence-corrected chi connectivity index (χ2v) is 6.61. The summed E-state index contributed by atoms with van der Waals surface area (Å²) in [6, 6.07) is 0.464. The number of nitrogens with one attached hydrogen (secondary N) is 1. The van der Waals surface area contributed by atoms with E-state index >= 15 is 0 Å². The Hall–Kier alpha value is -1.34. The second kappa shape index (κ2) is 8.49. The third-order valence-corrected chi connectivity index (χ3v) is 5.01. The molecule has 1 aliphatic carbocycles. The first-order valence-corrected chi connectivity index (χ1v) is 8.53. The Kier molecular flexibility index (Phi) is 6.65. The molecule has 132 valence electrons. The fraction of sp³-hybridized carbons (Fsp3) is 0.875. The van der Waals surface area contributed by atoms with Crippen LogP contribution in [-0.2, 0) is 9.53 Å². The molecule has 23 heavy (non-hydrogen) atoms. The molecule has 1 heterocycles. The van der Waals surface area contributed by atoms with Crippen LogP contribution < -0.4 is 5.32 Å². The summed E-state index contributed by atoms with van der Waals surface area (Å²) in [4.78, 5) is 26.9. The molecule has 0 atom stereocenters. The van der Waals surface area contributed by atoms with Crippen molar-refractivity contribution < 1.29 is 19.4 Å². The normalized spacial score (nSPS) is 25.3. The Balaban J connectivity index is 1.67. The van der Waals surface area contributed by atoms with Gasteiger partial charge in [0.1, 0.15) is 0 Å². The number of piperidine rings is 1. The highest BCUT2D eigenvalue weighted by Crippen LogP contribution is 2.26. The Morgan fingerprint density at radius 1 is 1.30 bits per heavy atom. The average molecular weight is 327 g/mol. The largest absolute Gasteiger partial charge is 0.480 e. The van der Waals surface area contributed by atoms with E-state index in [-0.39, 0.29) is 24.7 Å². The van der Waals surface area contributed by atoms with Gasteiger partial charge in [-0.1, -0.05) is 6.92 Å². The highest BCUT2D eigenvalue weighted by atomic mass is 16.5. The van der Waals surface area contributed by atoms with Crippen LogP contribution in [0.25, 0.3) is 0 Å². The first-order valence-electron chi connectivity index (χ1n) is 8.53. The van der Waals surface area contributed by atoms with Gasteiger partial charge in [0.2, 0.25) is 0 Å². The van der Waals surface area contributed by atoms with Crippen LogP contribution in [-0.4, -0.2) is 78.9 Å². The molecule has 0 aromatic heterocycles. The van der Waals surface area contributed by atoms with Gasteiger partial charge in [-0.2, -0.15) is 0 Å². The van der Waals surface area contributed by atoms with Gasteiger partial charge in [-0.05, 0) is 38.1 Å². The molecule has 2 amide bonds. The number of urea groups is 1. The first-order chi connectivity index (χ1) is 11.0. The van der Waals surface area contributed by atoms with Crippen molar-refractivity contribution in [3.8, 4) is 0 Å². The topological polar surface area (TPSA) is 82.1 Å². The maximum Gasteiger partial charge on any atom is 0.317 e. The lowest BCUT2D eigenvalue weighted by molar-refractivity contribution is -0.139. The van der Waals surface area contributed by atoms with Crippen molar-refractivity contribution in [1.29, 1.82) is 0 Å². The second-order valence-electron chi connectivity index (χ2n) is 6.61. The molecule has 0 aromatic carbocycles. The monoisotopic (exact) mass is 327 g/mol. The molecule has 1 saturated carbocycles. The number of carbonyl (C=O) groups is 2. The highest BCUT2D eigenvalue weighted by molar-refractivity contribution is 5.74. The van der Waals surface area contributed by atoms with Gasteiger partial charge in [-0.25, -0.2) is 4.79 Å². The lowest BCUT2D eigenvalue weighted by Gasteiger charge is -2.43. The standard InChI is InChI=1S/C16H29N3O4/c1-3-18(10-15(20)21)14-8-13(9-14)17-16(22)19-6-4-12(5-7-19)11-23-2/h12-14H,3-11H2,1-2H3,(H,17,22)(H,20,21).